The molecular weight excluding hydrogens is 324 g/mol. The van der Waals surface area contributed by atoms with E-state index in [0.717, 1.165) is 11.1 Å². The van der Waals surface area contributed by atoms with Crippen molar-refractivity contribution in [1.82, 2.24) is 0 Å². The fraction of sp³-hybridized carbons (Fsp3) is 0.526. The summed E-state index contributed by atoms with van der Waals surface area (Å²) in [6, 6.07) is 1.28. The van der Waals surface area contributed by atoms with Crippen molar-refractivity contribution in [3.05, 3.63) is 33.2 Å². The standard InChI is InChI=1S/C19H24O6/c1-9(2)14-17-11(7-13(25-17)19(3,4)22)16(23-5)15-12(21)6-10(8-20)24-18(14)15/h6,9,13,20,22H,7-8H2,1-5H3/t13-/m0/s1. The van der Waals surface area contributed by atoms with Gasteiger partial charge >= 0.3 is 0 Å². The van der Waals surface area contributed by atoms with Crippen LogP contribution in [0.15, 0.2) is 15.3 Å². The first-order valence-electron chi connectivity index (χ1n) is 8.38. The van der Waals surface area contributed by atoms with Crippen molar-refractivity contribution in [2.45, 2.75) is 58.3 Å². The van der Waals surface area contributed by atoms with E-state index in [9.17, 15) is 15.0 Å². The second-order valence-electron chi connectivity index (χ2n) is 7.31. The van der Waals surface area contributed by atoms with Crippen LogP contribution in [0.4, 0.5) is 0 Å². The molecule has 1 aromatic carbocycles. The molecular formula is C19H24O6. The monoisotopic (exact) mass is 348 g/mol. The summed E-state index contributed by atoms with van der Waals surface area (Å²) < 4.78 is 17.4. The lowest BCUT2D eigenvalue weighted by Gasteiger charge is -2.25. The Labute approximate surface area is 146 Å². The number of fused-ring (bicyclic) bond motifs is 2. The Kier molecular flexibility index (Phi) is 4.29. The van der Waals surface area contributed by atoms with Crippen molar-refractivity contribution in [2.24, 2.45) is 0 Å². The Balaban J connectivity index is 2.41. The SMILES string of the molecule is COc1c2c(c(C(C)C)c3oc(CO)cc(=O)c13)O[C@H](C(C)(C)O)C2. The van der Waals surface area contributed by atoms with Crippen LogP contribution < -0.4 is 14.9 Å². The molecule has 6 heteroatoms. The number of benzene rings is 1. The summed E-state index contributed by atoms with van der Waals surface area (Å²) in [5.41, 5.74) is 0.593. The molecule has 2 aromatic rings. The van der Waals surface area contributed by atoms with Crippen LogP contribution in [0, 0.1) is 0 Å². The van der Waals surface area contributed by atoms with E-state index >= 15 is 0 Å². The summed E-state index contributed by atoms with van der Waals surface area (Å²) in [6.45, 7) is 6.98. The first-order valence-corrected chi connectivity index (χ1v) is 8.38. The highest BCUT2D eigenvalue weighted by Crippen LogP contribution is 2.48. The lowest BCUT2D eigenvalue weighted by atomic mass is 9.92. The van der Waals surface area contributed by atoms with E-state index in [0.29, 0.717) is 28.9 Å². The number of hydrogen-bond acceptors (Lipinski definition) is 6. The molecule has 0 fully saturated rings. The Morgan fingerprint density at radius 2 is 2.08 bits per heavy atom. The molecule has 1 aliphatic heterocycles. The first kappa shape index (κ1) is 17.8. The fourth-order valence-corrected chi connectivity index (χ4v) is 3.38. The topological polar surface area (TPSA) is 89.1 Å². The largest absolute Gasteiger partial charge is 0.495 e. The molecule has 1 aromatic heterocycles. The van der Waals surface area contributed by atoms with Gasteiger partial charge in [0, 0.05) is 23.6 Å². The van der Waals surface area contributed by atoms with Gasteiger partial charge in [0.25, 0.3) is 0 Å². The van der Waals surface area contributed by atoms with Crippen LogP contribution >= 0.6 is 0 Å². The highest BCUT2D eigenvalue weighted by molar-refractivity contribution is 5.91. The Hall–Kier alpha value is -2.05. The molecule has 25 heavy (non-hydrogen) atoms. The average molecular weight is 348 g/mol. The van der Waals surface area contributed by atoms with Gasteiger partial charge in [-0.05, 0) is 19.8 Å². The maximum Gasteiger partial charge on any atom is 0.196 e. The van der Waals surface area contributed by atoms with Gasteiger partial charge in [0.15, 0.2) is 5.43 Å². The van der Waals surface area contributed by atoms with Crippen molar-refractivity contribution in [3.8, 4) is 11.5 Å². The summed E-state index contributed by atoms with van der Waals surface area (Å²) in [7, 11) is 1.50. The molecule has 0 bridgehead atoms. The molecule has 0 aliphatic carbocycles. The minimum Gasteiger partial charge on any atom is -0.495 e. The second-order valence-corrected chi connectivity index (χ2v) is 7.31. The number of ether oxygens (including phenoxy) is 2. The third-order valence-electron chi connectivity index (χ3n) is 4.64. The summed E-state index contributed by atoms with van der Waals surface area (Å²) in [4.78, 5) is 12.6. The molecule has 0 amide bonds. The van der Waals surface area contributed by atoms with Crippen molar-refractivity contribution in [3.63, 3.8) is 0 Å². The number of rotatable bonds is 4. The van der Waals surface area contributed by atoms with Crippen LogP contribution in [0.5, 0.6) is 11.5 Å². The van der Waals surface area contributed by atoms with Crippen LogP contribution in [-0.2, 0) is 13.0 Å². The maximum absolute atomic E-state index is 12.6. The highest BCUT2D eigenvalue weighted by Gasteiger charge is 2.40. The van der Waals surface area contributed by atoms with Gasteiger partial charge in [-0.25, -0.2) is 0 Å². The van der Waals surface area contributed by atoms with Crippen molar-refractivity contribution < 1.29 is 24.1 Å². The minimum absolute atomic E-state index is 0.0137. The third kappa shape index (κ3) is 2.79. The van der Waals surface area contributed by atoms with Gasteiger partial charge in [0.05, 0.1) is 12.7 Å². The number of aliphatic hydroxyl groups is 2. The lowest BCUT2D eigenvalue weighted by Crippen LogP contribution is -2.39. The zero-order chi connectivity index (χ0) is 18.5. The molecule has 0 spiro atoms. The zero-order valence-corrected chi connectivity index (χ0v) is 15.2. The van der Waals surface area contributed by atoms with Crippen LogP contribution in [0.2, 0.25) is 0 Å². The van der Waals surface area contributed by atoms with Crippen LogP contribution in [0.3, 0.4) is 0 Å². The van der Waals surface area contributed by atoms with Gasteiger partial charge in [0.2, 0.25) is 0 Å². The molecule has 1 atom stereocenters. The van der Waals surface area contributed by atoms with Crippen molar-refractivity contribution in [1.29, 1.82) is 0 Å². The van der Waals surface area contributed by atoms with Gasteiger partial charge < -0.3 is 24.1 Å². The molecule has 136 valence electrons. The fourth-order valence-electron chi connectivity index (χ4n) is 3.38. The number of methoxy groups -OCH3 is 1. The molecule has 1 aliphatic rings. The van der Waals surface area contributed by atoms with E-state index in [4.69, 9.17) is 13.9 Å². The summed E-state index contributed by atoms with van der Waals surface area (Å²) in [5, 5.41) is 20.1. The average Bonchev–Trinajstić information content (AvgIpc) is 2.96. The van der Waals surface area contributed by atoms with E-state index in [2.05, 4.69) is 0 Å². The van der Waals surface area contributed by atoms with Gasteiger partial charge in [0.1, 0.15) is 40.9 Å². The smallest absolute Gasteiger partial charge is 0.196 e. The highest BCUT2D eigenvalue weighted by atomic mass is 16.5. The molecule has 0 saturated heterocycles. The summed E-state index contributed by atoms with van der Waals surface area (Å²) >= 11 is 0. The zero-order valence-electron chi connectivity index (χ0n) is 15.2. The quantitative estimate of drug-likeness (QED) is 0.882. The summed E-state index contributed by atoms with van der Waals surface area (Å²) in [5.74, 6) is 1.22. The predicted octanol–water partition coefficient (Wildman–Crippen LogP) is 2.49. The Bertz CT molecular complexity index is 872. The summed E-state index contributed by atoms with van der Waals surface area (Å²) in [6.07, 6.45) is -0.00287. The molecule has 0 radical (unpaired) electrons. The van der Waals surface area contributed by atoms with Gasteiger partial charge in [-0.15, -0.1) is 0 Å². The molecule has 3 rings (SSSR count). The van der Waals surface area contributed by atoms with E-state index < -0.39 is 11.7 Å². The van der Waals surface area contributed by atoms with E-state index in [1.165, 1.54) is 13.2 Å². The van der Waals surface area contributed by atoms with E-state index in [1.54, 1.807) is 13.8 Å². The van der Waals surface area contributed by atoms with Crippen molar-refractivity contribution in [2.75, 3.05) is 7.11 Å². The van der Waals surface area contributed by atoms with Crippen LogP contribution in [0.25, 0.3) is 11.0 Å². The molecule has 0 unspecified atom stereocenters. The van der Waals surface area contributed by atoms with Gasteiger partial charge in [-0.1, -0.05) is 13.8 Å². The van der Waals surface area contributed by atoms with Crippen molar-refractivity contribution >= 4 is 11.0 Å². The van der Waals surface area contributed by atoms with Gasteiger partial charge in [-0.3, -0.25) is 4.79 Å². The Morgan fingerprint density at radius 3 is 2.60 bits per heavy atom. The predicted molar refractivity (Wildman–Crippen MR) is 93.5 cm³/mol. The lowest BCUT2D eigenvalue weighted by molar-refractivity contribution is -0.0233. The normalized spacial score (nSPS) is 17.0. The second kappa shape index (κ2) is 6.04. The van der Waals surface area contributed by atoms with Crippen LogP contribution in [-0.4, -0.2) is 29.0 Å². The molecule has 2 N–H and O–H groups in total. The third-order valence-corrected chi connectivity index (χ3v) is 4.64. The molecule has 2 heterocycles. The van der Waals surface area contributed by atoms with Crippen LogP contribution in [0.1, 0.15) is 50.5 Å². The number of hydrogen-bond donors (Lipinski definition) is 2. The van der Waals surface area contributed by atoms with Gasteiger partial charge in [-0.2, -0.15) is 0 Å². The molecule has 0 saturated carbocycles. The van der Waals surface area contributed by atoms with E-state index in [1.807, 2.05) is 13.8 Å². The molecule has 6 nitrogen and oxygen atoms in total. The number of aliphatic hydroxyl groups excluding tert-OH is 1. The Morgan fingerprint density at radius 1 is 1.40 bits per heavy atom. The minimum atomic E-state index is -1.04. The maximum atomic E-state index is 12.6. The first-order chi connectivity index (χ1) is 11.7. The van der Waals surface area contributed by atoms with E-state index in [-0.39, 0.29) is 23.7 Å².